The summed E-state index contributed by atoms with van der Waals surface area (Å²) < 4.78 is 6.41. The second-order valence-corrected chi connectivity index (χ2v) is 6.37. The number of hydrogen-bond donors (Lipinski definition) is 1. The summed E-state index contributed by atoms with van der Waals surface area (Å²) in [6.45, 7) is 0. The maximum Gasteiger partial charge on any atom is 0.129 e. The molecule has 0 bridgehead atoms. The van der Waals surface area contributed by atoms with Gasteiger partial charge in [0.05, 0.1) is 21.8 Å². The summed E-state index contributed by atoms with van der Waals surface area (Å²) in [7, 11) is 1.63. The molecule has 0 spiro atoms. The third-order valence-corrected chi connectivity index (χ3v) is 4.67. The third-order valence-electron chi connectivity index (χ3n) is 2.16. The van der Waals surface area contributed by atoms with Crippen molar-refractivity contribution in [1.82, 2.24) is 0 Å². The van der Waals surface area contributed by atoms with Crippen molar-refractivity contribution >= 4 is 45.9 Å². The van der Waals surface area contributed by atoms with Gasteiger partial charge in [0.15, 0.2) is 0 Å². The lowest BCUT2D eigenvalue weighted by molar-refractivity contribution is 0.416. The van der Waals surface area contributed by atoms with Crippen molar-refractivity contribution in [2.24, 2.45) is 5.73 Å². The van der Waals surface area contributed by atoms with Crippen LogP contribution in [0, 0.1) is 0 Å². The molecule has 16 heavy (non-hydrogen) atoms. The molecule has 0 aliphatic carbocycles. The van der Waals surface area contributed by atoms with E-state index in [1.807, 2.05) is 17.5 Å². The van der Waals surface area contributed by atoms with E-state index in [1.54, 1.807) is 18.4 Å². The average Bonchev–Trinajstić information content (AvgIpc) is 2.84. The van der Waals surface area contributed by atoms with Crippen LogP contribution in [0.1, 0.15) is 16.5 Å². The second-order valence-electron chi connectivity index (χ2n) is 3.15. The zero-order chi connectivity index (χ0) is 11.7. The maximum absolute atomic E-state index is 6.12. The number of nitrogens with two attached hydrogens (primary N) is 1. The Morgan fingerprint density at radius 2 is 2.12 bits per heavy atom. The van der Waals surface area contributed by atoms with E-state index >= 15 is 0 Å². The quantitative estimate of drug-likeness (QED) is 0.922. The minimum absolute atomic E-state index is 0.245. The van der Waals surface area contributed by atoms with Crippen molar-refractivity contribution in [2.45, 2.75) is 6.04 Å². The van der Waals surface area contributed by atoms with Gasteiger partial charge in [-0.3, -0.25) is 0 Å². The standard InChI is InChI=1S/C10H9Cl2NOS2/c1-14-5-2-7(15-4-5)9(13)6-3-8(11)16-10(6)12/h2-4,9H,13H2,1H3. The Morgan fingerprint density at radius 1 is 1.38 bits per heavy atom. The van der Waals surface area contributed by atoms with Crippen LogP contribution >= 0.6 is 45.9 Å². The SMILES string of the molecule is COc1csc(C(N)c2cc(Cl)sc2Cl)c1. The van der Waals surface area contributed by atoms with E-state index in [-0.39, 0.29) is 6.04 Å². The van der Waals surface area contributed by atoms with Gasteiger partial charge in [0.2, 0.25) is 0 Å². The molecule has 2 aromatic heterocycles. The van der Waals surface area contributed by atoms with Gasteiger partial charge >= 0.3 is 0 Å². The van der Waals surface area contributed by atoms with Crippen LogP contribution in [0.5, 0.6) is 5.75 Å². The van der Waals surface area contributed by atoms with E-state index in [1.165, 1.54) is 11.3 Å². The molecule has 6 heteroatoms. The highest BCUT2D eigenvalue weighted by Crippen LogP contribution is 2.38. The van der Waals surface area contributed by atoms with E-state index in [4.69, 9.17) is 33.7 Å². The molecule has 0 aliphatic heterocycles. The van der Waals surface area contributed by atoms with Crippen molar-refractivity contribution < 1.29 is 4.74 Å². The molecule has 0 amide bonds. The fourth-order valence-electron chi connectivity index (χ4n) is 1.32. The normalized spacial score (nSPS) is 12.8. The first-order chi connectivity index (χ1) is 7.61. The van der Waals surface area contributed by atoms with Crippen molar-refractivity contribution in [3.05, 3.63) is 36.6 Å². The van der Waals surface area contributed by atoms with Crippen molar-refractivity contribution in [1.29, 1.82) is 0 Å². The molecule has 2 heterocycles. The topological polar surface area (TPSA) is 35.2 Å². The number of rotatable bonds is 3. The first-order valence-electron chi connectivity index (χ1n) is 4.44. The molecule has 2 aromatic rings. The van der Waals surface area contributed by atoms with Crippen LogP contribution in [0.3, 0.4) is 0 Å². The summed E-state index contributed by atoms with van der Waals surface area (Å²) >= 11 is 14.8. The van der Waals surface area contributed by atoms with Crippen LogP contribution in [0.2, 0.25) is 8.67 Å². The van der Waals surface area contributed by atoms with E-state index < -0.39 is 0 Å². The summed E-state index contributed by atoms with van der Waals surface area (Å²) in [6.07, 6.45) is 0. The summed E-state index contributed by atoms with van der Waals surface area (Å²) in [5.74, 6) is 0.813. The molecule has 2 rings (SSSR count). The predicted molar refractivity (Wildman–Crippen MR) is 71.2 cm³/mol. The summed E-state index contributed by atoms with van der Waals surface area (Å²) in [5.41, 5.74) is 6.98. The van der Waals surface area contributed by atoms with Gasteiger partial charge < -0.3 is 10.5 Å². The van der Waals surface area contributed by atoms with E-state index in [0.717, 1.165) is 16.2 Å². The minimum atomic E-state index is -0.245. The van der Waals surface area contributed by atoms with E-state index in [2.05, 4.69) is 0 Å². The summed E-state index contributed by atoms with van der Waals surface area (Å²) in [6, 6.07) is 3.48. The van der Waals surface area contributed by atoms with Crippen molar-refractivity contribution in [3.63, 3.8) is 0 Å². The molecule has 2 N–H and O–H groups in total. The molecule has 0 radical (unpaired) electrons. The Balaban J connectivity index is 2.31. The van der Waals surface area contributed by atoms with Crippen LogP contribution < -0.4 is 10.5 Å². The molecule has 86 valence electrons. The Labute approximate surface area is 112 Å². The largest absolute Gasteiger partial charge is 0.496 e. The smallest absolute Gasteiger partial charge is 0.129 e. The molecular weight excluding hydrogens is 285 g/mol. The van der Waals surface area contributed by atoms with Crippen LogP contribution in [0.4, 0.5) is 0 Å². The fourth-order valence-corrected chi connectivity index (χ4v) is 3.75. The first-order valence-corrected chi connectivity index (χ1v) is 6.89. The highest BCUT2D eigenvalue weighted by molar-refractivity contribution is 7.20. The molecule has 1 unspecified atom stereocenters. The molecule has 0 fully saturated rings. The highest BCUT2D eigenvalue weighted by Gasteiger charge is 2.17. The third kappa shape index (κ3) is 2.36. The zero-order valence-electron chi connectivity index (χ0n) is 8.37. The number of hydrogen-bond acceptors (Lipinski definition) is 4. The number of methoxy groups -OCH3 is 1. The Morgan fingerprint density at radius 3 is 2.62 bits per heavy atom. The Bertz CT molecular complexity index is 495. The maximum atomic E-state index is 6.12. The summed E-state index contributed by atoms with van der Waals surface area (Å²) in [5, 5.41) is 1.91. The number of ether oxygens (including phenoxy) is 1. The molecule has 0 saturated carbocycles. The molecule has 0 aromatic carbocycles. The second kappa shape index (κ2) is 4.94. The van der Waals surface area contributed by atoms with Gasteiger partial charge in [-0.25, -0.2) is 0 Å². The lowest BCUT2D eigenvalue weighted by Gasteiger charge is -2.07. The van der Waals surface area contributed by atoms with Crippen LogP contribution in [0.15, 0.2) is 17.5 Å². The molecule has 0 aliphatic rings. The van der Waals surface area contributed by atoms with E-state index in [0.29, 0.717) is 8.67 Å². The zero-order valence-corrected chi connectivity index (χ0v) is 11.5. The van der Waals surface area contributed by atoms with Crippen LogP contribution in [0.25, 0.3) is 0 Å². The lowest BCUT2D eigenvalue weighted by Crippen LogP contribution is -2.09. The van der Waals surface area contributed by atoms with Crippen LogP contribution in [-0.4, -0.2) is 7.11 Å². The van der Waals surface area contributed by atoms with Crippen molar-refractivity contribution in [3.8, 4) is 5.75 Å². The monoisotopic (exact) mass is 293 g/mol. The number of halogens is 2. The van der Waals surface area contributed by atoms with Gasteiger partial charge in [-0.2, -0.15) is 0 Å². The van der Waals surface area contributed by atoms with Gasteiger partial charge in [-0.15, -0.1) is 22.7 Å². The first kappa shape index (κ1) is 12.2. The Hall–Kier alpha value is -0.260. The number of thiophene rings is 2. The van der Waals surface area contributed by atoms with Crippen molar-refractivity contribution in [2.75, 3.05) is 7.11 Å². The molecule has 2 nitrogen and oxygen atoms in total. The predicted octanol–water partition coefficient (Wildman–Crippen LogP) is 4.17. The van der Waals surface area contributed by atoms with Gasteiger partial charge in [-0.05, 0) is 12.1 Å². The average molecular weight is 294 g/mol. The highest BCUT2D eigenvalue weighted by atomic mass is 35.5. The molecular formula is C10H9Cl2NOS2. The lowest BCUT2D eigenvalue weighted by atomic mass is 10.1. The van der Waals surface area contributed by atoms with Gasteiger partial charge in [0.25, 0.3) is 0 Å². The summed E-state index contributed by atoms with van der Waals surface area (Å²) in [4.78, 5) is 1.01. The van der Waals surface area contributed by atoms with Gasteiger partial charge in [0, 0.05) is 15.8 Å². The molecule has 1 atom stereocenters. The van der Waals surface area contributed by atoms with Gasteiger partial charge in [-0.1, -0.05) is 23.2 Å². The van der Waals surface area contributed by atoms with E-state index in [9.17, 15) is 0 Å². The van der Waals surface area contributed by atoms with Crippen LogP contribution in [-0.2, 0) is 0 Å². The molecule has 0 saturated heterocycles. The Kier molecular flexibility index (Phi) is 3.77. The fraction of sp³-hybridized carbons (Fsp3) is 0.200. The minimum Gasteiger partial charge on any atom is -0.496 e. The van der Waals surface area contributed by atoms with Gasteiger partial charge in [0.1, 0.15) is 5.75 Å².